The van der Waals surface area contributed by atoms with Crippen LogP contribution in [0.15, 0.2) is 18.2 Å². The highest BCUT2D eigenvalue weighted by Crippen LogP contribution is 2.24. The molecule has 1 heterocycles. The number of ether oxygens (including phenoxy) is 1. The van der Waals surface area contributed by atoms with Gasteiger partial charge in [0, 0.05) is 18.8 Å². The standard InChI is InChI=1S/C17H25FN4O3/c1-11(2)9-20-14(8-19)17(24)21-12-3-4-15(13(18)7-12)22-5-6-25-10-16(22)23/h3-4,7,11,14,20H,5-6,8-10,19H2,1-2H3,(H,21,24)/t14-/m1/s1. The van der Waals surface area contributed by atoms with Gasteiger partial charge < -0.3 is 26.0 Å². The van der Waals surface area contributed by atoms with Gasteiger partial charge in [0.2, 0.25) is 5.91 Å². The number of nitrogens with zero attached hydrogens (tertiary/aromatic N) is 1. The summed E-state index contributed by atoms with van der Waals surface area (Å²) in [5, 5.41) is 5.72. The molecule has 1 aliphatic heterocycles. The van der Waals surface area contributed by atoms with Crippen LogP contribution in [0.5, 0.6) is 0 Å². The largest absolute Gasteiger partial charge is 0.370 e. The van der Waals surface area contributed by atoms with Crippen molar-refractivity contribution in [2.45, 2.75) is 19.9 Å². The van der Waals surface area contributed by atoms with Gasteiger partial charge in [0.15, 0.2) is 0 Å². The van der Waals surface area contributed by atoms with Gasteiger partial charge in [-0.2, -0.15) is 0 Å². The summed E-state index contributed by atoms with van der Waals surface area (Å²) in [4.78, 5) is 25.4. The van der Waals surface area contributed by atoms with E-state index < -0.39 is 11.9 Å². The first-order valence-corrected chi connectivity index (χ1v) is 8.34. The van der Waals surface area contributed by atoms with Gasteiger partial charge >= 0.3 is 0 Å². The second-order valence-electron chi connectivity index (χ2n) is 6.34. The van der Waals surface area contributed by atoms with Crippen LogP contribution >= 0.6 is 0 Å². The van der Waals surface area contributed by atoms with E-state index in [0.29, 0.717) is 31.3 Å². The number of rotatable bonds is 7. The summed E-state index contributed by atoms with van der Waals surface area (Å²) < 4.78 is 19.4. The van der Waals surface area contributed by atoms with Crippen molar-refractivity contribution in [1.29, 1.82) is 0 Å². The van der Waals surface area contributed by atoms with E-state index in [1.807, 2.05) is 13.8 Å². The summed E-state index contributed by atoms with van der Waals surface area (Å²) in [6.45, 7) is 5.46. The highest BCUT2D eigenvalue weighted by Gasteiger charge is 2.23. The maximum absolute atomic E-state index is 14.4. The average molecular weight is 352 g/mol. The van der Waals surface area contributed by atoms with Gasteiger partial charge in [-0.05, 0) is 30.7 Å². The predicted octanol–water partition coefficient (Wildman–Crippen LogP) is 0.700. The minimum absolute atomic E-state index is 0.0579. The fourth-order valence-electron chi connectivity index (χ4n) is 2.47. The number of hydrogen-bond acceptors (Lipinski definition) is 5. The lowest BCUT2D eigenvalue weighted by atomic mass is 10.2. The van der Waals surface area contributed by atoms with Gasteiger partial charge in [-0.25, -0.2) is 4.39 Å². The van der Waals surface area contributed by atoms with Gasteiger partial charge in [-0.15, -0.1) is 0 Å². The first-order chi connectivity index (χ1) is 11.9. The fourth-order valence-corrected chi connectivity index (χ4v) is 2.47. The first-order valence-electron chi connectivity index (χ1n) is 8.34. The second-order valence-corrected chi connectivity index (χ2v) is 6.34. The quantitative estimate of drug-likeness (QED) is 0.671. The maximum atomic E-state index is 14.4. The normalized spacial score (nSPS) is 16.2. The van der Waals surface area contributed by atoms with E-state index in [-0.39, 0.29) is 30.7 Å². The van der Waals surface area contributed by atoms with Crippen LogP contribution in [0.4, 0.5) is 15.8 Å². The lowest BCUT2D eigenvalue weighted by Crippen LogP contribution is -2.47. The van der Waals surface area contributed by atoms with Crippen LogP contribution < -0.4 is 21.3 Å². The van der Waals surface area contributed by atoms with Gasteiger partial charge in [0.05, 0.1) is 18.3 Å². The minimum Gasteiger partial charge on any atom is -0.370 e. The van der Waals surface area contributed by atoms with Crippen molar-refractivity contribution in [3.05, 3.63) is 24.0 Å². The minimum atomic E-state index is -0.576. The molecule has 4 N–H and O–H groups in total. The molecule has 7 nitrogen and oxygen atoms in total. The van der Waals surface area contributed by atoms with Crippen molar-refractivity contribution in [3.8, 4) is 0 Å². The molecule has 8 heteroatoms. The van der Waals surface area contributed by atoms with E-state index in [4.69, 9.17) is 10.5 Å². The van der Waals surface area contributed by atoms with Gasteiger partial charge in [-0.1, -0.05) is 13.8 Å². The monoisotopic (exact) mass is 352 g/mol. The number of anilines is 2. The highest BCUT2D eigenvalue weighted by molar-refractivity contribution is 5.97. The fraction of sp³-hybridized carbons (Fsp3) is 0.529. The van der Waals surface area contributed by atoms with E-state index in [0.717, 1.165) is 0 Å². The molecule has 2 rings (SSSR count). The number of nitrogens with two attached hydrogens (primary N) is 1. The summed E-state index contributed by atoms with van der Waals surface area (Å²) in [6, 6.07) is 3.69. The molecule has 138 valence electrons. The molecule has 1 atom stereocenters. The van der Waals surface area contributed by atoms with E-state index in [2.05, 4.69) is 10.6 Å². The Labute approximate surface area is 146 Å². The van der Waals surface area contributed by atoms with Crippen molar-refractivity contribution in [3.63, 3.8) is 0 Å². The molecule has 0 bridgehead atoms. The van der Waals surface area contributed by atoms with Crippen molar-refractivity contribution in [1.82, 2.24) is 5.32 Å². The lowest BCUT2D eigenvalue weighted by molar-refractivity contribution is -0.125. The number of amides is 2. The molecule has 0 unspecified atom stereocenters. The summed E-state index contributed by atoms with van der Waals surface area (Å²) in [6.07, 6.45) is 0. The van der Waals surface area contributed by atoms with Crippen molar-refractivity contribution in [2.75, 3.05) is 43.1 Å². The Kier molecular flexibility index (Phi) is 6.86. The second kappa shape index (κ2) is 8.89. The molecule has 2 amide bonds. The Morgan fingerprint density at radius 3 is 2.80 bits per heavy atom. The molecule has 0 spiro atoms. The number of morpholine rings is 1. The molecule has 25 heavy (non-hydrogen) atoms. The number of nitrogens with one attached hydrogen (secondary N) is 2. The summed E-state index contributed by atoms with van der Waals surface area (Å²) in [5.74, 6) is -0.808. The van der Waals surface area contributed by atoms with Gasteiger partial charge in [-0.3, -0.25) is 9.59 Å². The Bertz CT molecular complexity index is 624. The molecule has 0 radical (unpaired) electrons. The van der Waals surface area contributed by atoms with Gasteiger partial charge in [0.25, 0.3) is 5.91 Å². The Morgan fingerprint density at radius 2 is 2.20 bits per heavy atom. The van der Waals surface area contributed by atoms with Crippen LogP contribution in [0.2, 0.25) is 0 Å². The topological polar surface area (TPSA) is 96.7 Å². The molecule has 0 saturated carbocycles. The van der Waals surface area contributed by atoms with Crippen LogP contribution in [-0.4, -0.2) is 50.7 Å². The highest BCUT2D eigenvalue weighted by atomic mass is 19.1. The molecular formula is C17H25FN4O3. The average Bonchev–Trinajstić information content (AvgIpc) is 2.56. The molecule has 1 aromatic rings. The molecule has 1 saturated heterocycles. The Balaban J connectivity index is 2.04. The van der Waals surface area contributed by atoms with Gasteiger partial charge in [0.1, 0.15) is 12.4 Å². The van der Waals surface area contributed by atoms with E-state index in [1.54, 1.807) is 6.07 Å². The molecule has 1 aromatic carbocycles. The van der Waals surface area contributed by atoms with E-state index >= 15 is 0 Å². The number of carbonyl (C=O) groups excluding carboxylic acids is 2. The molecule has 1 aliphatic rings. The van der Waals surface area contributed by atoms with E-state index in [9.17, 15) is 14.0 Å². The Hall–Kier alpha value is -2.03. The molecule has 1 fully saturated rings. The predicted molar refractivity (Wildman–Crippen MR) is 93.9 cm³/mol. The molecule has 0 aromatic heterocycles. The summed E-state index contributed by atoms with van der Waals surface area (Å²) in [5.41, 5.74) is 6.12. The number of carbonyl (C=O) groups is 2. The smallest absolute Gasteiger partial charge is 0.253 e. The lowest BCUT2D eigenvalue weighted by Gasteiger charge is -2.27. The third-order valence-electron chi connectivity index (χ3n) is 3.82. The zero-order valence-electron chi connectivity index (χ0n) is 14.5. The van der Waals surface area contributed by atoms with Crippen molar-refractivity contribution < 1.29 is 18.7 Å². The Morgan fingerprint density at radius 1 is 1.44 bits per heavy atom. The number of hydrogen-bond donors (Lipinski definition) is 3. The maximum Gasteiger partial charge on any atom is 0.253 e. The zero-order valence-corrected chi connectivity index (χ0v) is 14.5. The van der Waals surface area contributed by atoms with Crippen LogP contribution in [0.3, 0.4) is 0 Å². The molecular weight excluding hydrogens is 327 g/mol. The molecule has 0 aliphatic carbocycles. The van der Waals surface area contributed by atoms with E-state index in [1.165, 1.54) is 17.0 Å². The summed E-state index contributed by atoms with van der Waals surface area (Å²) in [7, 11) is 0. The van der Waals surface area contributed by atoms with Crippen molar-refractivity contribution in [2.24, 2.45) is 11.7 Å². The van der Waals surface area contributed by atoms with Crippen LogP contribution in [0.1, 0.15) is 13.8 Å². The first kappa shape index (κ1) is 19.3. The van der Waals surface area contributed by atoms with Crippen LogP contribution in [0, 0.1) is 11.7 Å². The SMILES string of the molecule is CC(C)CN[C@H](CN)C(=O)Nc1ccc(N2CCOCC2=O)c(F)c1. The van der Waals surface area contributed by atoms with Crippen LogP contribution in [-0.2, 0) is 14.3 Å². The van der Waals surface area contributed by atoms with Crippen molar-refractivity contribution >= 4 is 23.2 Å². The zero-order chi connectivity index (χ0) is 18.4. The number of benzene rings is 1. The third-order valence-corrected chi connectivity index (χ3v) is 3.82. The third kappa shape index (κ3) is 5.22. The summed E-state index contributed by atoms with van der Waals surface area (Å²) >= 11 is 0. The van der Waals surface area contributed by atoms with Crippen LogP contribution in [0.25, 0.3) is 0 Å². The number of halogens is 1.